The molecule has 2 heterocycles. The van der Waals surface area contributed by atoms with E-state index in [1.165, 1.54) is 0 Å². The highest BCUT2D eigenvalue weighted by molar-refractivity contribution is 5.77. The Hall–Kier alpha value is -2.54. The van der Waals surface area contributed by atoms with Gasteiger partial charge in [-0.25, -0.2) is 0 Å². The highest BCUT2D eigenvalue weighted by atomic mass is 16.5. The summed E-state index contributed by atoms with van der Waals surface area (Å²) in [7, 11) is 0. The third-order valence-electron chi connectivity index (χ3n) is 4.28. The van der Waals surface area contributed by atoms with Gasteiger partial charge < -0.3 is 18.9 Å². The van der Waals surface area contributed by atoms with Crippen molar-refractivity contribution < 1.29 is 18.8 Å². The van der Waals surface area contributed by atoms with E-state index in [2.05, 4.69) is 10.1 Å². The zero-order valence-electron chi connectivity index (χ0n) is 15.3. The zero-order valence-corrected chi connectivity index (χ0v) is 15.3. The first-order chi connectivity index (χ1) is 12.6. The van der Waals surface area contributed by atoms with Crippen LogP contribution in [0, 0.1) is 6.92 Å². The predicted octanol–water partition coefficient (Wildman–Crippen LogP) is 2.10. The van der Waals surface area contributed by atoms with Gasteiger partial charge in [0.15, 0.2) is 12.4 Å². The van der Waals surface area contributed by atoms with Crippen LogP contribution in [0.15, 0.2) is 34.9 Å². The molecule has 1 aliphatic heterocycles. The van der Waals surface area contributed by atoms with Crippen molar-refractivity contribution in [3.05, 3.63) is 41.8 Å². The van der Waals surface area contributed by atoms with Crippen molar-refractivity contribution in [1.29, 1.82) is 0 Å². The number of ether oxygens (including phenoxy) is 2. The van der Waals surface area contributed by atoms with Gasteiger partial charge in [-0.05, 0) is 38.1 Å². The van der Waals surface area contributed by atoms with Crippen molar-refractivity contribution in [3.63, 3.8) is 0 Å². The fourth-order valence-corrected chi connectivity index (χ4v) is 2.90. The molecule has 140 valence electrons. The molecule has 1 aliphatic rings. The summed E-state index contributed by atoms with van der Waals surface area (Å²) >= 11 is 0. The van der Waals surface area contributed by atoms with Crippen LogP contribution in [0.4, 0.5) is 0 Å². The van der Waals surface area contributed by atoms with Crippen molar-refractivity contribution in [2.24, 2.45) is 0 Å². The molecule has 1 amide bonds. The molecule has 0 unspecified atom stereocenters. The van der Waals surface area contributed by atoms with Crippen molar-refractivity contribution in [2.75, 3.05) is 39.4 Å². The van der Waals surface area contributed by atoms with Gasteiger partial charge in [0.25, 0.3) is 5.91 Å². The Morgan fingerprint density at radius 2 is 1.77 bits per heavy atom. The van der Waals surface area contributed by atoms with E-state index in [1.807, 2.05) is 49.1 Å². The molecule has 0 spiro atoms. The first-order valence-corrected chi connectivity index (χ1v) is 8.92. The van der Waals surface area contributed by atoms with Crippen molar-refractivity contribution in [1.82, 2.24) is 15.0 Å². The second-order valence-corrected chi connectivity index (χ2v) is 6.28. The fraction of sp³-hybridized carbons (Fsp3) is 0.474. The highest BCUT2D eigenvalue weighted by Crippen LogP contribution is 2.17. The number of carbonyl (C=O) groups is 1. The SMILES string of the molecule is CCOc1ccc(OCC(=O)N2CCN(Cc3cc(C)no3)CC2)cc1. The van der Waals surface area contributed by atoms with Gasteiger partial charge in [-0.3, -0.25) is 9.69 Å². The minimum absolute atomic E-state index is 0.00837. The lowest BCUT2D eigenvalue weighted by Crippen LogP contribution is -2.49. The molecule has 1 aromatic heterocycles. The van der Waals surface area contributed by atoms with Gasteiger partial charge in [0.2, 0.25) is 0 Å². The van der Waals surface area contributed by atoms with Crippen LogP contribution >= 0.6 is 0 Å². The summed E-state index contributed by atoms with van der Waals surface area (Å²) in [6, 6.07) is 9.26. The van der Waals surface area contributed by atoms with Crippen LogP contribution in [0.2, 0.25) is 0 Å². The number of nitrogens with zero attached hydrogens (tertiary/aromatic N) is 3. The lowest BCUT2D eigenvalue weighted by molar-refractivity contribution is -0.135. The van der Waals surface area contributed by atoms with E-state index in [0.29, 0.717) is 25.4 Å². The molecule has 3 rings (SSSR count). The molecule has 1 aromatic carbocycles. The van der Waals surface area contributed by atoms with E-state index < -0.39 is 0 Å². The number of aryl methyl sites for hydroxylation is 1. The molecule has 1 saturated heterocycles. The Morgan fingerprint density at radius 3 is 2.35 bits per heavy atom. The number of hydrogen-bond acceptors (Lipinski definition) is 6. The van der Waals surface area contributed by atoms with Gasteiger partial charge in [-0.1, -0.05) is 5.16 Å². The Balaban J connectivity index is 1.40. The summed E-state index contributed by atoms with van der Waals surface area (Å²) < 4.78 is 16.2. The largest absolute Gasteiger partial charge is 0.494 e. The normalized spacial score (nSPS) is 15.1. The maximum absolute atomic E-state index is 12.3. The van der Waals surface area contributed by atoms with Gasteiger partial charge in [0, 0.05) is 32.2 Å². The molecule has 0 saturated carbocycles. The number of amides is 1. The van der Waals surface area contributed by atoms with Crippen LogP contribution in [0.1, 0.15) is 18.4 Å². The van der Waals surface area contributed by atoms with Crippen molar-refractivity contribution >= 4 is 5.91 Å². The number of benzene rings is 1. The molecule has 0 atom stereocenters. The number of rotatable bonds is 7. The standard InChI is InChI=1S/C19H25N3O4/c1-3-24-16-4-6-17(7-5-16)25-14-19(23)22-10-8-21(9-11-22)13-18-12-15(2)20-26-18/h4-7,12H,3,8-11,13-14H2,1-2H3. The zero-order chi connectivity index (χ0) is 18.4. The summed E-state index contributed by atoms with van der Waals surface area (Å²) in [6.07, 6.45) is 0. The first-order valence-electron chi connectivity index (χ1n) is 8.92. The molecule has 7 nitrogen and oxygen atoms in total. The second-order valence-electron chi connectivity index (χ2n) is 6.28. The van der Waals surface area contributed by atoms with E-state index in [0.717, 1.165) is 36.8 Å². The monoisotopic (exact) mass is 359 g/mol. The summed E-state index contributed by atoms with van der Waals surface area (Å²) in [5, 5.41) is 3.90. The summed E-state index contributed by atoms with van der Waals surface area (Å²) in [5.41, 5.74) is 0.889. The Morgan fingerprint density at radius 1 is 1.12 bits per heavy atom. The number of aromatic nitrogens is 1. The van der Waals surface area contributed by atoms with E-state index in [-0.39, 0.29) is 12.5 Å². The lowest BCUT2D eigenvalue weighted by Gasteiger charge is -2.34. The maximum atomic E-state index is 12.3. The minimum atomic E-state index is 0.00837. The molecule has 2 aromatic rings. The van der Waals surface area contributed by atoms with Crippen LogP contribution in [-0.4, -0.2) is 60.3 Å². The van der Waals surface area contributed by atoms with Crippen LogP contribution < -0.4 is 9.47 Å². The Kier molecular flexibility index (Phi) is 6.12. The first kappa shape index (κ1) is 18.3. The molecular weight excluding hydrogens is 334 g/mol. The van der Waals surface area contributed by atoms with Crippen LogP contribution in [0.5, 0.6) is 11.5 Å². The maximum Gasteiger partial charge on any atom is 0.260 e. The minimum Gasteiger partial charge on any atom is -0.494 e. The predicted molar refractivity (Wildman–Crippen MR) is 96.2 cm³/mol. The van der Waals surface area contributed by atoms with Gasteiger partial charge in [-0.2, -0.15) is 0 Å². The lowest BCUT2D eigenvalue weighted by atomic mass is 10.3. The van der Waals surface area contributed by atoms with Gasteiger partial charge in [0.1, 0.15) is 11.5 Å². The fourth-order valence-electron chi connectivity index (χ4n) is 2.90. The molecule has 1 fully saturated rings. The van der Waals surface area contributed by atoms with E-state index in [1.54, 1.807) is 0 Å². The van der Waals surface area contributed by atoms with E-state index in [9.17, 15) is 4.79 Å². The molecule has 0 aliphatic carbocycles. The third-order valence-corrected chi connectivity index (χ3v) is 4.28. The van der Waals surface area contributed by atoms with Crippen LogP contribution in [-0.2, 0) is 11.3 Å². The second kappa shape index (κ2) is 8.71. The molecule has 7 heteroatoms. The van der Waals surface area contributed by atoms with Crippen LogP contribution in [0.25, 0.3) is 0 Å². The quantitative estimate of drug-likeness (QED) is 0.754. The van der Waals surface area contributed by atoms with E-state index in [4.69, 9.17) is 14.0 Å². The molecular formula is C19H25N3O4. The van der Waals surface area contributed by atoms with Gasteiger partial charge in [0.05, 0.1) is 18.8 Å². The number of hydrogen-bond donors (Lipinski definition) is 0. The molecule has 0 N–H and O–H groups in total. The Labute approximate surface area is 153 Å². The molecule has 26 heavy (non-hydrogen) atoms. The van der Waals surface area contributed by atoms with E-state index >= 15 is 0 Å². The molecule has 0 radical (unpaired) electrons. The average Bonchev–Trinajstić information content (AvgIpc) is 3.06. The van der Waals surface area contributed by atoms with Gasteiger partial charge >= 0.3 is 0 Å². The highest BCUT2D eigenvalue weighted by Gasteiger charge is 2.22. The van der Waals surface area contributed by atoms with Crippen LogP contribution in [0.3, 0.4) is 0 Å². The topological polar surface area (TPSA) is 68.0 Å². The average molecular weight is 359 g/mol. The van der Waals surface area contributed by atoms with Gasteiger partial charge in [-0.15, -0.1) is 0 Å². The number of piperazine rings is 1. The molecule has 0 bridgehead atoms. The Bertz CT molecular complexity index is 706. The smallest absolute Gasteiger partial charge is 0.260 e. The summed E-state index contributed by atoms with van der Waals surface area (Å²) in [4.78, 5) is 16.4. The summed E-state index contributed by atoms with van der Waals surface area (Å²) in [6.45, 7) is 8.27. The van der Waals surface area contributed by atoms with Crippen molar-refractivity contribution in [2.45, 2.75) is 20.4 Å². The number of carbonyl (C=O) groups excluding carboxylic acids is 1. The van der Waals surface area contributed by atoms with Crippen molar-refractivity contribution in [3.8, 4) is 11.5 Å². The third kappa shape index (κ3) is 4.98. The summed E-state index contributed by atoms with van der Waals surface area (Å²) in [5.74, 6) is 2.33.